The molecule has 0 unspecified atom stereocenters. The second-order valence-corrected chi connectivity index (χ2v) is 6.42. The highest BCUT2D eigenvalue weighted by Crippen LogP contribution is 2.33. The minimum Gasteiger partial charge on any atom is -0.493 e. The molecular formula is C20H21N3O3. The maximum atomic E-state index is 13.1. The highest BCUT2D eigenvalue weighted by atomic mass is 16.5. The maximum absolute atomic E-state index is 13.1. The molecule has 1 aliphatic heterocycles. The molecule has 0 saturated heterocycles. The highest BCUT2D eigenvalue weighted by Gasteiger charge is 2.26. The van der Waals surface area contributed by atoms with Crippen LogP contribution in [-0.2, 0) is 13.0 Å². The van der Waals surface area contributed by atoms with E-state index in [1.165, 1.54) is 5.56 Å². The van der Waals surface area contributed by atoms with Crippen molar-refractivity contribution in [2.24, 2.45) is 0 Å². The van der Waals surface area contributed by atoms with E-state index in [0.29, 0.717) is 24.5 Å². The molecule has 1 amide bonds. The number of aryl methyl sites for hydroxylation is 1. The van der Waals surface area contributed by atoms with Gasteiger partial charge in [0.15, 0.2) is 17.2 Å². The van der Waals surface area contributed by atoms with Gasteiger partial charge in [-0.3, -0.25) is 4.79 Å². The van der Waals surface area contributed by atoms with Gasteiger partial charge in [0.05, 0.1) is 19.7 Å². The van der Waals surface area contributed by atoms with Crippen LogP contribution in [0.15, 0.2) is 36.5 Å². The molecule has 6 heteroatoms. The Morgan fingerprint density at radius 1 is 1.12 bits per heavy atom. The van der Waals surface area contributed by atoms with E-state index in [9.17, 15) is 4.79 Å². The first-order valence-electron chi connectivity index (χ1n) is 8.59. The van der Waals surface area contributed by atoms with E-state index in [2.05, 4.69) is 4.98 Å². The average Bonchev–Trinajstić information content (AvgIpc) is 3.02. The maximum Gasteiger partial charge on any atom is 0.275 e. The van der Waals surface area contributed by atoms with E-state index in [0.717, 1.165) is 29.1 Å². The fourth-order valence-electron chi connectivity index (χ4n) is 3.55. The molecule has 0 spiro atoms. The number of amides is 1. The van der Waals surface area contributed by atoms with Crippen molar-refractivity contribution in [1.82, 2.24) is 14.3 Å². The number of benzene rings is 1. The van der Waals surface area contributed by atoms with Crippen LogP contribution < -0.4 is 9.47 Å². The van der Waals surface area contributed by atoms with E-state index < -0.39 is 0 Å². The van der Waals surface area contributed by atoms with Crippen molar-refractivity contribution in [3.8, 4) is 11.5 Å². The molecule has 1 aromatic carbocycles. The standard InChI is InChI=1S/C20H21N3O3/c1-13-21-19(16-6-4-5-8-23(13)16)20(24)22-9-7-14-10-17(25-2)18(26-3)11-15(14)12-22/h4-6,8,10-11H,7,9,12H2,1-3H3. The fourth-order valence-corrected chi connectivity index (χ4v) is 3.55. The number of imidazole rings is 1. The number of hydrogen-bond acceptors (Lipinski definition) is 4. The van der Waals surface area contributed by atoms with E-state index in [1.54, 1.807) is 14.2 Å². The molecule has 0 saturated carbocycles. The lowest BCUT2D eigenvalue weighted by Crippen LogP contribution is -2.36. The van der Waals surface area contributed by atoms with Gasteiger partial charge in [-0.25, -0.2) is 4.98 Å². The summed E-state index contributed by atoms with van der Waals surface area (Å²) >= 11 is 0. The molecule has 4 rings (SSSR count). The molecule has 0 atom stereocenters. The zero-order chi connectivity index (χ0) is 18.3. The summed E-state index contributed by atoms with van der Waals surface area (Å²) in [5.74, 6) is 2.18. The van der Waals surface area contributed by atoms with Gasteiger partial charge in [-0.1, -0.05) is 6.07 Å². The van der Waals surface area contributed by atoms with Gasteiger partial charge in [0.1, 0.15) is 5.82 Å². The predicted molar refractivity (Wildman–Crippen MR) is 97.9 cm³/mol. The zero-order valence-electron chi connectivity index (χ0n) is 15.2. The smallest absolute Gasteiger partial charge is 0.275 e. The van der Waals surface area contributed by atoms with Gasteiger partial charge in [-0.05, 0) is 48.7 Å². The largest absolute Gasteiger partial charge is 0.493 e. The SMILES string of the molecule is COc1cc2c(cc1OC)CN(C(=O)c1nc(C)n3ccccc13)CC2. The molecule has 6 nitrogen and oxygen atoms in total. The van der Waals surface area contributed by atoms with E-state index in [-0.39, 0.29) is 5.91 Å². The Morgan fingerprint density at radius 3 is 2.58 bits per heavy atom. The van der Waals surface area contributed by atoms with Crippen LogP contribution in [0, 0.1) is 6.92 Å². The first-order chi connectivity index (χ1) is 12.6. The van der Waals surface area contributed by atoms with E-state index in [1.807, 2.05) is 52.8 Å². The van der Waals surface area contributed by atoms with Gasteiger partial charge < -0.3 is 18.8 Å². The number of hydrogen-bond donors (Lipinski definition) is 0. The summed E-state index contributed by atoms with van der Waals surface area (Å²) in [6.07, 6.45) is 2.71. The second-order valence-electron chi connectivity index (χ2n) is 6.42. The molecule has 1 aliphatic rings. The van der Waals surface area contributed by atoms with Gasteiger partial charge >= 0.3 is 0 Å². The molecule has 0 N–H and O–H groups in total. The summed E-state index contributed by atoms with van der Waals surface area (Å²) in [6, 6.07) is 9.76. The topological polar surface area (TPSA) is 56.1 Å². The van der Waals surface area contributed by atoms with Crippen LogP contribution in [0.25, 0.3) is 5.52 Å². The number of ether oxygens (including phenoxy) is 2. The lowest BCUT2D eigenvalue weighted by molar-refractivity contribution is 0.0731. The Balaban J connectivity index is 1.67. The predicted octanol–water partition coefficient (Wildman–Crippen LogP) is 2.86. The van der Waals surface area contributed by atoms with Gasteiger partial charge in [-0.2, -0.15) is 0 Å². The molecule has 3 aromatic rings. The third-order valence-electron chi connectivity index (χ3n) is 4.93. The number of aromatic nitrogens is 2. The van der Waals surface area contributed by atoms with Crippen molar-refractivity contribution >= 4 is 11.4 Å². The molecule has 0 radical (unpaired) electrons. The summed E-state index contributed by atoms with van der Waals surface area (Å²) in [6.45, 7) is 3.11. The van der Waals surface area contributed by atoms with E-state index in [4.69, 9.17) is 9.47 Å². The Morgan fingerprint density at radius 2 is 1.85 bits per heavy atom. The number of fused-ring (bicyclic) bond motifs is 2. The molecule has 134 valence electrons. The Labute approximate surface area is 152 Å². The first-order valence-corrected chi connectivity index (χ1v) is 8.59. The highest BCUT2D eigenvalue weighted by molar-refractivity contribution is 5.99. The quantitative estimate of drug-likeness (QED) is 0.728. The van der Waals surface area contributed by atoms with Gasteiger partial charge in [0.2, 0.25) is 0 Å². The number of rotatable bonds is 3. The average molecular weight is 351 g/mol. The van der Waals surface area contributed by atoms with Crippen LogP contribution in [0.2, 0.25) is 0 Å². The third kappa shape index (κ3) is 2.58. The van der Waals surface area contributed by atoms with Crippen molar-refractivity contribution in [2.45, 2.75) is 19.9 Å². The molecule has 0 bridgehead atoms. The number of carbonyl (C=O) groups excluding carboxylic acids is 1. The normalized spacial score (nSPS) is 13.6. The van der Waals surface area contributed by atoms with Gasteiger partial charge in [0, 0.05) is 19.3 Å². The number of pyridine rings is 1. The molecule has 3 heterocycles. The van der Waals surface area contributed by atoms with Crippen LogP contribution in [-0.4, -0.2) is 41.0 Å². The first kappa shape index (κ1) is 16.4. The van der Waals surface area contributed by atoms with Gasteiger partial charge in [0.25, 0.3) is 5.91 Å². The second kappa shape index (κ2) is 6.37. The Kier molecular flexibility index (Phi) is 4.03. The minimum absolute atomic E-state index is 0.0396. The third-order valence-corrected chi connectivity index (χ3v) is 4.93. The molecule has 2 aromatic heterocycles. The number of nitrogens with zero attached hydrogens (tertiary/aromatic N) is 3. The van der Waals surface area contributed by atoms with Crippen molar-refractivity contribution in [1.29, 1.82) is 0 Å². The summed E-state index contributed by atoms with van der Waals surface area (Å²) in [7, 11) is 3.26. The monoisotopic (exact) mass is 351 g/mol. The number of methoxy groups -OCH3 is 2. The zero-order valence-corrected chi connectivity index (χ0v) is 15.2. The summed E-state index contributed by atoms with van der Waals surface area (Å²) in [5, 5.41) is 0. The summed E-state index contributed by atoms with van der Waals surface area (Å²) in [4.78, 5) is 19.5. The molecule has 0 fully saturated rings. The van der Waals surface area contributed by atoms with Crippen LogP contribution in [0.3, 0.4) is 0 Å². The lowest BCUT2D eigenvalue weighted by atomic mass is 9.98. The summed E-state index contributed by atoms with van der Waals surface area (Å²) in [5.41, 5.74) is 3.63. The summed E-state index contributed by atoms with van der Waals surface area (Å²) < 4.78 is 12.7. The van der Waals surface area contributed by atoms with Crippen molar-refractivity contribution in [3.63, 3.8) is 0 Å². The van der Waals surface area contributed by atoms with E-state index >= 15 is 0 Å². The van der Waals surface area contributed by atoms with Crippen LogP contribution in [0.1, 0.15) is 27.4 Å². The van der Waals surface area contributed by atoms with Gasteiger partial charge in [-0.15, -0.1) is 0 Å². The molecule has 0 aliphatic carbocycles. The molecule has 26 heavy (non-hydrogen) atoms. The Bertz CT molecular complexity index is 993. The Hall–Kier alpha value is -3.02. The van der Waals surface area contributed by atoms with Crippen molar-refractivity contribution < 1.29 is 14.3 Å². The van der Waals surface area contributed by atoms with Crippen molar-refractivity contribution in [3.05, 3.63) is 59.2 Å². The molecular weight excluding hydrogens is 330 g/mol. The number of carbonyl (C=O) groups is 1. The fraction of sp³-hybridized carbons (Fsp3) is 0.300. The van der Waals surface area contributed by atoms with Crippen LogP contribution >= 0.6 is 0 Å². The lowest BCUT2D eigenvalue weighted by Gasteiger charge is -2.29. The van der Waals surface area contributed by atoms with Crippen LogP contribution in [0.4, 0.5) is 0 Å². The van der Waals surface area contributed by atoms with Crippen molar-refractivity contribution in [2.75, 3.05) is 20.8 Å². The minimum atomic E-state index is -0.0396. The van der Waals surface area contributed by atoms with Crippen LogP contribution in [0.5, 0.6) is 11.5 Å².